The van der Waals surface area contributed by atoms with Crippen LogP contribution in [0.5, 0.6) is 0 Å². The summed E-state index contributed by atoms with van der Waals surface area (Å²) in [5.41, 5.74) is 6.74. The van der Waals surface area contributed by atoms with Crippen molar-refractivity contribution < 1.29 is 0 Å². The minimum Gasteiger partial charge on any atom is -0.324 e. The summed E-state index contributed by atoms with van der Waals surface area (Å²) in [4.78, 5) is 0. The average molecular weight is 228 g/mol. The van der Waals surface area contributed by atoms with E-state index in [2.05, 4.69) is 6.92 Å². The van der Waals surface area contributed by atoms with Crippen LogP contribution in [-0.2, 0) is 0 Å². The summed E-state index contributed by atoms with van der Waals surface area (Å²) < 4.78 is 0. The van der Waals surface area contributed by atoms with E-state index in [0.717, 1.165) is 17.8 Å². The first-order valence-electron chi connectivity index (χ1n) is 6.39. The Morgan fingerprint density at radius 1 is 1.13 bits per heavy atom. The van der Waals surface area contributed by atoms with E-state index in [9.17, 15) is 0 Å². The van der Waals surface area contributed by atoms with Crippen molar-refractivity contribution in [1.82, 2.24) is 0 Å². The van der Waals surface area contributed by atoms with Crippen molar-refractivity contribution >= 4 is 11.6 Å². The second-order valence-electron chi connectivity index (χ2n) is 6.75. The van der Waals surface area contributed by atoms with Crippen molar-refractivity contribution in [3.63, 3.8) is 0 Å². The molecule has 0 aliphatic heterocycles. The first-order chi connectivity index (χ1) is 7.05. The lowest BCUT2D eigenvalue weighted by molar-refractivity contribution is -0.0874. The van der Waals surface area contributed by atoms with Crippen molar-refractivity contribution in [1.29, 1.82) is 0 Å². The number of hydrogen-bond donors (Lipinski definition) is 1. The highest BCUT2D eigenvalue weighted by Crippen LogP contribution is 2.63. The Labute approximate surface area is 97.7 Å². The minimum atomic E-state index is -0.134. The summed E-state index contributed by atoms with van der Waals surface area (Å²) in [7, 11) is 0. The zero-order chi connectivity index (χ0) is 10.7. The molecule has 1 nitrogen and oxygen atoms in total. The number of nitrogens with two attached hydrogens (primary N) is 1. The maximum atomic E-state index is 6.48. The molecule has 0 radical (unpaired) electrons. The molecule has 4 bridgehead atoms. The second-order valence-corrected chi connectivity index (χ2v) is 7.02. The molecule has 15 heavy (non-hydrogen) atoms. The number of rotatable bonds is 2. The molecule has 4 saturated carbocycles. The molecule has 0 saturated heterocycles. The van der Waals surface area contributed by atoms with E-state index in [1.54, 1.807) is 0 Å². The molecule has 4 rings (SSSR count). The topological polar surface area (TPSA) is 26.0 Å². The van der Waals surface area contributed by atoms with E-state index in [0.29, 0.717) is 11.3 Å². The van der Waals surface area contributed by atoms with Crippen LogP contribution >= 0.6 is 11.6 Å². The Morgan fingerprint density at radius 2 is 1.53 bits per heavy atom. The molecule has 2 N–H and O–H groups in total. The van der Waals surface area contributed by atoms with Crippen LogP contribution in [0.15, 0.2) is 0 Å². The number of alkyl halides is 1. The van der Waals surface area contributed by atoms with Gasteiger partial charge in [0.1, 0.15) is 0 Å². The minimum absolute atomic E-state index is 0.134. The van der Waals surface area contributed by atoms with Gasteiger partial charge in [-0.3, -0.25) is 0 Å². The van der Waals surface area contributed by atoms with Crippen LogP contribution in [0.3, 0.4) is 0 Å². The maximum Gasteiger partial charge on any atom is 0.0406 e. The Kier molecular flexibility index (Phi) is 2.17. The van der Waals surface area contributed by atoms with Gasteiger partial charge in [-0.25, -0.2) is 0 Å². The highest BCUT2D eigenvalue weighted by molar-refractivity contribution is 6.18. The van der Waals surface area contributed by atoms with Crippen LogP contribution in [0.1, 0.15) is 45.4 Å². The molecule has 1 unspecified atom stereocenters. The standard InChI is InChI=1S/C13H22ClN/c1-12(15,8-14)13-5-9-2-10(6-13)4-11(3-9)7-13/h9-11H,2-8,15H2,1H3. The van der Waals surface area contributed by atoms with Gasteiger partial charge in [0, 0.05) is 11.4 Å². The SMILES string of the molecule is CC(N)(CCl)C12CC3CC(CC(C3)C1)C2. The summed E-state index contributed by atoms with van der Waals surface area (Å²) in [6.45, 7) is 2.19. The van der Waals surface area contributed by atoms with Crippen LogP contribution in [-0.4, -0.2) is 11.4 Å². The van der Waals surface area contributed by atoms with E-state index in [1.165, 1.54) is 38.5 Å². The molecule has 0 amide bonds. The fourth-order valence-electron chi connectivity index (χ4n) is 4.95. The normalized spacial score (nSPS) is 51.8. The molecular weight excluding hydrogens is 206 g/mol. The monoisotopic (exact) mass is 227 g/mol. The smallest absolute Gasteiger partial charge is 0.0406 e. The van der Waals surface area contributed by atoms with Gasteiger partial charge in [-0.2, -0.15) is 0 Å². The number of halogens is 1. The van der Waals surface area contributed by atoms with Gasteiger partial charge in [0.25, 0.3) is 0 Å². The van der Waals surface area contributed by atoms with Crippen LogP contribution < -0.4 is 5.73 Å². The molecule has 4 fully saturated rings. The van der Waals surface area contributed by atoms with Crippen LogP contribution in [0, 0.1) is 23.2 Å². The summed E-state index contributed by atoms with van der Waals surface area (Å²) >= 11 is 6.10. The third-order valence-corrected chi connectivity index (χ3v) is 6.08. The first kappa shape index (κ1) is 10.4. The lowest BCUT2D eigenvalue weighted by Gasteiger charge is -2.62. The molecule has 86 valence electrons. The maximum absolute atomic E-state index is 6.48. The zero-order valence-corrected chi connectivity index (χ0v) is 10.4. The van der Waals surface area contributed by atoms with E-state index in [4.69, 9.17) is 17.3 Å². The highest BCUT2D eigenvalue weighted by atomic mass is 35.5. The second kappa shape index (κ2) is 3.13. The fourth-order valence-corrected chi connectivity index (χ4v) is 5.24. The molecule has 0 aromatic heterocycles. The predicted molar refractivity (Wildman–Crippen MR) is 63.9 cm³/mol. The summed E-state index contributed by atoms with van der Waals surface area (Å²) in [5, 5.41) is 0. The van der Waals surface area contributed by atoms with E-state index in [1.807, 2.05) is 0 Å². The molecule has 1 atom stereocenters. The van der Waals surface area contributed by atoms with Crippen LogP contribution in [0.4, 0.5) is 0 Å². The molecule has 2 heteroatoms. The molecule has 4 aliphatic carbocycles. The molecular formula is C13H22ClN. The molecule has 0 aromatic carbocycles. The summed E-state index contributed by atoms with van der Waals surface area (Å²) in [5.74, 6) is 3.55. The first-order valence-corrected chi connectivity index (χ1v) is 6.93. The van der Waals surface area contributed by atoms with Crippen LogP contribution in [0.2, 0.25) is 0 Å². The summed E-state index contributed by atoms with van der Waals surface area (Å²) in [6, 6.07) is 0. The molecule has 0 heterocycles. The predicted octanol–water partition coefficient (Wildman–Crippen LogP) is 3.16. The Morgan fingerprint density at radius 3 is 1.87 bits per heavy atom. The fraction of sp³-hybridized carbons (Fsp3) is 1.00. The van der Waals surface area contributed by atoms with E-state index >= 15 is 0 Å². The van der Waals surface area contributed by atoms with Gasteiger partial charge in [-0.05, 0) is 68.6 Å². The van der Waals surface area contributed by atoms with Crippen molar-refractivity contribution in [3.8, 4) is 0 Å². The molecule has 0 aromatic rings. The third kappa shape index (κ3) is 1.39. The van der Waals surface area contributed by atoms with Gasteiger partial charge in [-0.15, -0.1) is 11.6 Å². The van der Waals surface area contributed by atoms with Gasteiger partial charge in [0.15, 0.2) is 0 Å². The van der Waals surface area contributed by atoms with Crippen LogP contribution in [0.25, 0.3) is 0 Å². The third-order valence-electron chi connectivity index (χ3n) is 5.53. The van der Waals surface area contributed by atoms with Gasteiger partial charge < -0.3 is 5.73 Å². The van der Waals surface area contributed by atoms with Gasteiger partial charge in [0.05, 0.1) is 0 Å². The van der Waals surface area contributed by atoms with E-state index in [-0.39, 0.29) is 5.54 Å². The Balaban J connectivity index is 1.93. The highest BCUT2D eigenvalue weighted by Gasteiger charge is 2.57. The average Bonchev–Trinajstić information content (AvgIpc) is 2.15. The van der Waals surface area contributed by atoms with Gasteiger partial charge in [-0.1, -0.05) is 0 Å². The van der Waals surface area contributed by atoms with Gasteiger partial charge >= 0.3 is 0 Å². The Bertz CT molecular complexity index is 236. The zero-order valence-electron chi connectivity index (χ0n) is 9.64. The van der Waals surface area contributed by atoms with E-state index < -0.39 is 0 Å². The van der Waals surface area contributed by atoms with Crippen molar-refractivity contribution in [3.05, 3.63) is 0 Å². The van der Waals surface area contributed by atoms with Gasteiger partial charge in [0.2, 0.25) is 0 Å². The lowest BCUT2D eigenvalue weighted by Crippen LogP contribution is -2.62. The quantitative estimate of drug-likeness (QED) is 0.721. The lowest BCUT2D eigenvalue weighted by atomic mass is 9.45. The molecule has 4 aliphatic rings. The largest absolute Gasteiger partial charge is 0.324 e. The molecule has 0 spiro atoms. The number of hydrogen-bond acceptors (Lipinski definition) is 1. The van der Waals surface area contributed by atoms with Crippen molar-refractivity contribution in [2.24, 2.45) is 28.9 Å². The Hall–Kier alpha value is 0.250. The van der Waals surface area contributed by atoms with Crippen molar-refractivity contribution in [2.45, 2.75) is 51.0 Å². The summed E-state index contributed by atoms with van der Waals surface area (Å²) in [6.07, 6.45) is 8.53. The van der Waals surface area contributed by atoms with Crippen molar-refractivity contribution in [2.75, 3.05) is 5.88 Å².